The van der Waals surface area contributed by atoms with Crippen LogP contribution in [0, 0.1) is 17.2 Å². The van der Waals surface area contributed by atoms with E-state index in [-0.39, 0.29) is 5.92 Å². The molecule has 0 aliphatic heterocycles. The molecule has 4 heteroatoms. The van der Waals surface area contributed by atoms with Gasteiger partial charge >= 0.3 is 0 Å². The van der Waals surface area contributed by atoms with E-state index in [4.69, 9.17) is 15.7 Å². The molecule has 0 spiro atoms. The SMILES string of the molecule is CCN(CC(C)C#N)c1cc(OC)ccc1N. The first-order valence-electron chi connectivity index (χ1n) is 5.70. The number of ether oxygens (including phenoxy) is 1. The maximum Gasteiger partial charge on any atom is 0.121 e. The molecule has 0 heterocycles. The smallest absolute Gasteiger partial charge is 0.121 e. The highest BCUT2D eigenvalue weighted by atomic mass is 16.5. The number of hydrogen-bond donors (Lipinski definition) is 1. The third kappa shape index (κ3) is 3.28. The van der Waals surface area contributed by atoms with Gasteiger partial charge in [0.25, 0.3) is 0 Å². The van der Waals surface area contributed by atoms with Crippen molar-refractivity contribution in [1.82, 2.24) is 0 Å². The van der Waals surface area contributed by atoms with Gasteiger partial charge in [-0.15, -0.1) is 0 Å². The van der Waals surface area contributed by atoms with Gasteiger partial charge in [0.2, 0.25) is 0 Å². The summed E-state index contributed by atoms with van der Waals surface area (Å²) in [6, 6.07) is 7.80. The van der Waals surface area contributed by atoms with E-state index < -0.39 is 0 Å². The zero-order valence-corrected chi connectivity index (χ0v) is 10.6. The van der Waals surface area contributed by atoms with Gasteiger partial charge < -0.3 is 15.4 Å². The number of nitrogens with two attached hydrogens (primary N) is 1. The van der Waals surface area contributed by atoms with Gasteiger partial charge in [0.15, 0.2) is 0 Å². The second-order valence-corrected chi connectivity index (χ2v) is 3.99. The van der Waals surface area contributed by atoms with E-state index in [1.807, 2.05) is 32.0 Å². The van der Waals surface area contributed by atoms with Gasteiger partial charge in [-0.05, 0) is 26.0 Å². The summed E-state index contributed by atoms with van der Waals surface area (Å²) in [5.41, 5.74) is 7.59. The molecule has 0 amide bonds. The Labute approximate surface area is 103 Å². The highest BCUT2D eigenvalue weighted by molar-refractivity contribution is 5.69. The highest BCUT2D eigenvalue weighted by Crippen LogP contribution is 2.28. The van der Waals surface area contributed by atoms with Crippen LogP contribution in [0.4, 0.5) is 11.4 Å². The van der Waals surface area contributed by atoms with Crippen molar-refractivity contribution < 1.29 is 4.74 Å². The quantitative estimate of drug-likeness (QED) is 0.792. The van der Waals surface area contributed by atoms with Crippen LogP contribution in [0.2, 0.25) is 0 Å². The number of benzene rings is 1. The van der Waals surface area contributed by atoms with Crippen LogP contribution in [0.3, 0.4) is 0 Å². The van der Waals surface area contributed by atoms with E-state index in [2.05, 4.69) is 11.0 Å². The van der Waals surface area contributed by atoms with Crippen LogP contribution in [0.1, 0.15) is 13.8 Å². The Hall–Kier alpha value is -1.89. The minimum absolute atomic E-state index is 0.0273. The average Bonchev–Trinajstić information content (AvgIpc) is 2.36. The maximum absolute atomic E-state index is 8.86. The van der Waals surface area contributed by atoms with Gasteiger partial charge in [-0.25, -0.2) is 0 Å². The monoisotopic (exact) mass is 233 g/mol. The normalized spacial score (nSPS) is 11.6. The number of anilines is 2. The minimum atomic E-state index is -0.0273. The second-order valence-electron chi connectivity index (χ2n) is 3.99. The molecule has 0 saturated heterocycles. The summed E-state index contributed by atoms with van der Waals surface area (Å²) in [6.45, 7) is 5.43. The molecule has 1 aromatic carbocycles. The Morgan fingerprint density at radius 2 is 2.24 bits per heavy atom. The summed E-state index contributed by atoms with van der Waals surface area (Å²) in [7, 11) is 1.63. The number of nitriles is 1. The summed E-state index contributed by atoms with van der Waals surface area (Å²) in [4.78, 5) is 2.09. The molecule has 17 heavy (non-hydrogen) atoms. The van der Waals surface area contributed by atoms with Crippen molar-refractivity contribution in [3.63, 3.8) is 0 Å². The number of nitrogen functional groups attached to an aromatic ring is 1. The van der Waals surface area contributed by atoms with Crippen LogP contribution >= 0.6 is 0 Å². The Kier molecular flexibility index (Phi) is 4.65. The van der Waals surface area contributed by atoms with E-state index in [0.717, 1.165) is 18.0 Å². The van der Waals surface area contributed by atoms with Gasteiger partial charge in [0.1, 0.15) is 5.75 Å². The molecule has 1 aromatic rings. The molecular weight excluding hydrogens is 214 g/mol. The Balaban J connectivity index is 2.98. The molecule has 2 N–H and O–H groups in total. The average molecular weight is 233 g/mol. The summed E-state index contributed by atoms with van der Waals surface area (Å²) < 4.78 is 5.19. The van der Waals surface area contributed by atoms with E-state index in [1.54, 1.807) is 7.11 Å². The molecule has 92 valence electrons. The van der Waals surface area contributed by atoms with Crippen LogP contribution < -0.4 is 15.4 Å². The van der Waals surface area contributed by atoms with Crippen LogP contribution in [-0.4, -0.2) is 20.2 Å². The number of hydrogen-bond acceptors (Lipinski definition) is 4. The number of methoxy groups -OCH3 is 1. The Bertz CT molecular complexity index is 412. The molecule has 0 radical (unpaired) electrons. The zero-order chi connectivity index (χ0) is 12.8. The van der Waals surface area contributed by atoms with Crippen molar-refractivity contribution in [3.8, 4) is 11.8 Å². The lowest BCUT2D eigenvalue weighted by molar-refractivity contribution is 0.415. The van der Waals surface area contributed by atoms with Gasteiger partial charge in [-0.2, -0.15) is 5.26 Å². The highest BCUT2D eigenvalue weighted by Gasteiger charge is 2.12. The Morgan fingerprint density at radius 1 is 1.53 bits per heavy atom. The number of rotatable bonds is 5. The summed E-state index contributed by atoms with van der Waals surface area (Å²) >= 11 is 0. The van der Waals surface area contributed by atoms with Crippen molar-refractivity contribution in [1.29, 1.82) is 5.26 Å². The first kappa shape index (κ1) is 13.2. The lowest BCUT2D eigenvalue weighted by atomic mass is 10.1. The van der Waals surface area contributed by atoms with Crippen LogP contribution in [0.25, 0.3) is 0 Å². The van der Waals surface area contributed by atoms with Crippen LogP contribution in [0.5, 0.6) is 5.75 Å². The third-order valence-electron chi connectivity index (χ3n) is 2.67. The van der Waals surface area contributed by atoms with Crippen molar-refractivity contribution in [3.05, 3.63) is 18.2 Å². The molecular formula is C13H19N3O. The van der Waals surface area contributed by atoms with E-state index in [0.29, 0.717) is 12.2 Å². The lowest BCUT2D eigenvalue weighted by Crippen LogP contribution is -2.28. The largest absolute Gasteiger partial charge is 0.497 e. The summed E-state index contributed by atoms with van der Waals surface area (Å²) in [5, 5.41) is 8.86. The topological polar surface area (TPSA) is 62.3 Å². The fraction of sp³-hybridized carbons (Fsp3) is 0.462. The molecule has 1 rings (SSSR count). The van der Waals surface area contributed by atoms with E-state index >= 15 is 0 Å². The molecule has 1 atom stereocenters. The first-order valence-corrected chi connectivity index (χ1v) is 5.70. The van der Waals surface area contributed by atoms with Gasteiger partial charge in [-0.1, -0.05) is 0 Å². The molecule has 0 bridgehead atoms. The lowest BCUT2D eigenvalue weighted by Gasteiger charge is -2.26. The molecule has 0 aromatic heterocycles. The predicted octanol–water partition coefficient (Wildman–Crippen LogP) is 2.26. The fourth-order valence-corrected chi connectivity index (χ4v) is 1.69. The first-order chi connectivity index (χ1) is 8.12. The van der Waals surface area contributed by atoms with Gasteiger partial charge in [0, 0.05) is 19.2 Å². The summed E-state index contributed by atoms with van der Waals surface area (Å²) in [6.07, 6.45) is 0. The van der Waals surface area contributed by atoms with Crippen molar-refractivity contribution in [2.75, 3.05) is 30.8 Å². The minimum Gasteiger partial charge on any atom is -0.497 e. The third-order valence-corrected chi connectivity index (χ3v) is 2.67. The molecule has 4 nitrogen and oxygen atoms in total. The predicted molar refractivity (Wildman–Crippen MR) is 70.1 cm³/mol. The molecule has 0 saturated carbocycles. The second kappa shape index (κ2) is 6.00. The molecule has 0 aliphatic carbocycles. The molecule has 1 unspecified atom stereocenters. The zero-order valence-electron chi connectivity index (χ0n) is 10.6. The maximum atomic E-state index is 8.86. The van der Waals surface area contributed by atoms with Crippen molar-refractivity contribution in [2.24, 2.45) is 5.92 Å². The summed E-state index contributed by atoms with van der Waals surface area (Å²) in [5.74, 6) is 0.748. The Morgan fingerprint density at radius 3 is 2.76 bits per heavy atom. The molecule has 0 aliphatic rings. The van der Waals surface area contributed by atoms with Crippen molar-refractivity contribution in [2.45, 2.75) is 13.8 Å². The number of nitrogens with zero attached hydrogens (tertiary/aromatic N) is 2. The van der Waals surface area contributed by atoms with Gasteiger partial charge in [0.05, 0.1) is 30.5 Å². The van der Waals surface area contributed by atoms with E-state index in [1.165, 1.54) is 0 Å². The van der Waals surface area contributed by atoms with Crippen LogP contribution in [0.15, 0.2) is 18.2 Å². The van der Waals surface area contributed by atoms with E-state index in [9.17, 15) is 0 Å². The van der Waals surface area contributed by atoms with Crippen molar-refractivity contribution >= 4 is 11.4 Å². The standard InChI is InChI=1S/C13H19N3O/c1-4-16(9-10(2)8-14)13-7-11(17-3)5-6-12(13)15/h5-7,10H,4,9,15H2,1-3H3. The van der Waals surface area contributed by atoms with Crippen LogP contribution in [-0.2, 0) is 0 Å². The van der Waals surface area contributed by atoms with Gasteiger partial charge in [-0.3, -0.25) is 0 Å². The molecule has 0 fully saturated rings. The fourth-order valence-electron chi connectivity index (χ4n) is 1.69.